The molecule has 0 saturated carbocycles. The summed E-state index contributed by atoms with van der Waals surface area (Å²) in [5.41, 5.74) is 4.39. The maximum Gasteiger partial charge on any atom is 0.312 e. The molecule has 0 unspecified atom stereocenters. The Morgan fingerprint density at radius 3 is 2.11 bits per heavy atom. The fourth-order valence-corrected chi connectivity index (χ4v) is 0.340. The zero-order valence-electron chi connectivity index (χ0n) is 5.62. The molecule has 0 saturated heterocycles. The SMILES string of the molecule is CC(C)NCC(N)(F)F. The Balaban J connectivity index is 3.28. The highest BCUT2D eigenvalue weighted by atomic mass is 19.3. The van der Waals surface area contributed by atoms with E-state index >= 15 is 0 Å². The quantitative estimate of drug-likeness (QED) is 0.558. The van der Waals surface area contributed by atoms with Gasteiger partial charge in [0.05, 0.1) is 6.54 Å². The maximum absolute atomic E-state index is 11.8. The maximum atomic E-state index is 11.8. The van der Waals surface area contributed by atoms with Crippen LogP contribution in [0.15, 0.2) is 0 Å². The van der Waals surface area contributed by atoms with Crippen LogP contribution >= 0.6 is 0 Å². The van der Waals surface area contributed by atoms with Crippen molar-refractivity contribution >= 4 is 0 Å². The molecule has 0 fully saturated rings. The number of alkyl halides is 2. The highest BCUT2D eigenvalue weighted by Gasteiger charge is 2.20. The first-order valence-electron chi connectivity index (χ1n) is 2.82. The van der Waals surface area contributed by atoms with E-state index in [1.54, 1.807) is 13.8 Å². The lowest BCUT2D eigenvalue weighted by Crippen LogP contribution is -2.42. The van der Waals surface area contributed by atoms with Crippen molar-refractivity contribution in [2.24, 2.45) is 5.73 Å². The van der Waals surface area contributed by atoms with Gasteiger partial charge in [0.2, 0.25) is 0 Å². The van der Waals surface area contributed by atoms with Crippen molar-refractivity contribution in [1.82, 2.24) is 5.32 Å². The molecule has 0 amide bonds. The average Bonchev–Trinajstić information content (AvgIpc) is 1.59. The molecular formula is C5H12F2N2. The first kappa shape index (κ1) is 8.78. The van der Waals surface area contributed by atoms with Gasteiger partial charge in [-0.25, -0.2) is 0 Å². The lowest BCUT2D eigenvalue weighted by molar-refractivity contribution is 0.00738. The van der Waals surface area contributed by atoms with Crippen molar-refractivity contribution < 1.29 is 8.78 Å². The largest absolute Gasteiger partial charge is 0.312 e. The van der Waals surface area contributed by atoms with E-state index in [0.29, 0.717) is 0 Å². The summed E-state index contributed by atoms with van der Waals surface area (Å²) in [6.07, 6.45) is 0. The van der Waals surface area contributed by atoms with Gasteiger partial charge in [0.25, 0.3) is 0 Å². The molecule has 0 aromatic carbocycles. The normalized spacial score (nSPS) is 12.7. The third-order valence-electron chi connectivity index (χ3n) is 0.746. The average molecular weight is 138 g/mol. The number of rotatable bonds is 3. The number of nitrogens with two attached hydrogens (primary N) is 1. The van der Waals surface area contributed by atoms with Gasteiger partial charge < -0.3 is 5.32 Å². The van der Waals surface area contributed by atoms with Crippen LogP contribution in [0.5, 0.6) is 0 Å². The monoisotopic (exact) mass is 138 g/mol. The van der Waals surface area contributed by atoms with Gasteiger partial charge in [-0.3, -0.25) is 5.73 Å². The number of hydrogen-bond acceptors (Lipinski definition) is 2. The van der Waals surface area contributed by atoms with E-state index < -0.39 is 12.6 Å². The zero-order chi connectivity index (χ0) is 7.49. The molecule has 0 aliphatic rings. The first-order chi connectivity index (χ1) is 3.92. The number of halogens is 2. The zero-order valence-corrected chi connectivity index (χ0v) is 5.62. The molecular weight excluding hydrogens is 126 g/mol. The second kappa shape index (κ2) is 3.08. The lowest BCUT2D eigenvalue weighted by atomic mass is 10.4. The Morgan fingerprint density at radius 2 is 2.00 bits per heavy atom. The molecule has 0 heterocycles. The molecule has 0 radical (unpaired) electrons. The van der Waals surface area contributed by atoms with Crippen LogP contribution in [0.4, 0.5) is 8.78 Å². The minimum Gasteiger partial charge on any atom is -0.308 e. The van der Waals surface area contributed by atoms with Gasteiger partial charge in [0.1, 0.15) is 0 Å². The summed E-state index contributed by atoms with van der Waals surface area (Å²) < 4.78 is 23.6. The van der Waals surface area contributed by atoms with E-state index in [-0.39, 0.29) is 6.04 Å². The fraction of sp³-hybridized carbons (Fsp3) is 1.00. The molecule has 2 nitrogen and oxygen atoms in total. The van der Waals surface area contributed by atoms with E-state index in [9.17, 15) is 8.78 Å². The molecule has 0 rings (SSSR count). The second-order valence-corrected chi connectivity index (χ2v) is 2.30. The Labute approximate surface area is 53.4 Å². The summed E-state index contributed by atoms with van der Waals surface area (Å²) in [6.45, 7) is 3.11. The van der Waals surface area contributed by atoms with Crippen molar-refractivity contribution in [3.63, 3.8) is 0 Å². The Kier molecular flexibility index (Phi) is 3.00. The molecule has 4 heteroatoms. The molecule has 0 aliphatic heterocycles. The van der Waals surface area contributed by atoms with Crippen LogP contribution in [0.3, 0.4) is 0 Å². The van der Waals surface area contributed by atoms with E-state index in [2.05, 4.69) is 11.1 Å². The van der Waals surface area contributed by atoms with Crippen molar-refractivity contribution in [1.29, 1.82) is 0 Å². The van der Waals surface area contributed by atoms with E-state index in [4.69, 9.17) is 0 Å². The van der Waals surface area contributed by atoms with Crippen molar-refractivity contribution in [3.8, 4) is 0 Å². The molecule has 0 aromatic heterocycles. The minimum absolute atomic E-state index is 0.0550. The summed E-state index contributed by atoms with van der Waals surface area (Å²) in [7, 11) is 0. The van der Waals surface area contributed by atoms with Gasteiger partial charge >= 0.3 is 6.05 Å². The van der Waals surface area contributed by atoms with Crippen molar-refractivity contribution in [3.05, 3.63) is 0 Å². The summed E-state index contributed by atoms with van der Waals surface area (Å²) in [5, 5.41) is 2.51. The second-order valence-electron chi connectivity index (χ2n) is 2.30. The summed E-state index contributed by atoms with van der Waals surface area (Å²) >= 11 is 0. The van der Waals surface area contributed by atoms with Gasteiger partial charge in [-0.15, -0.1) is 0 Å². The van der Waals surface area contributed by atoms with Gasteiger partial charge in [-0.1, -0.05) is 13.8 Å². The molecule has 0 bridgehead atoms. The molecule has 56 valence electrons. The van der Waals surface area contributed by atoms with E-state index in [1.807, 2.05) is 0 Å². The molecule has 0 aliphatic carbocycles. The predicted molar refractivity (Wildman–Crippen MR) is 32.3 cm³/mol. The summed E-state index contributed by atoms with van der Waals surface area (Å²) in [4.78, 5) is 0. The van der Waals surface area contributed by atoms with Crippen LogP contribution < -0.4 is 11.1 Å². The highest BCUT2D eigenvalue weighted by molar-refractivity contribution is 4.62. The van der Waals surface area contributed by atoms with Crippen LogP contribution in [0.1, 0.15) is 13.8 Å². The van der Waals surface area contributed by atoms with Crippen LogP contribution in [-0.2, 0) is 0 Å². The van der Waals surface area contributed by atoms with Crippen molar-refractivity contribution in [2.45, 2.75) is 25.9 Å². The van der Waals surface area contributed by atoms with Crippen LogP contribution in [0.2, 0.25) is 0 Å². The Bertz CT molecular complexity index is 77.5. The molecule has 3 N–H and O–H groups in total. The topological polar surface area (TPSA) is 38.0 Å². The van der Waals surface area contributed by atoms with E-state index in [0.717, 1.165) is 0 Å². The third kappa shape index (κ3) is 7.78. The number of nitrogens with one attached hydrogen (secondary N) is 1. The lowest BCUT2D eigenvalue weighted by Gasteiger charge is -2.12. The van der Waals surface area contributed by atoms with E-state index in [1.165, 1.54) is 0 Å². The Morgan fingerprint density at radius 1 is 1.56 bits per heavy atom. The van der Waals surface area contributed by atoms with Gasteiger partial charge in [0.15, 0.2) is 0 Å². The highest BCUT2D eigenvalue weighted by Crippen LogP contribution is 2.00. The fourth-order valence-electron chi connectivity index (χ4n) is 0.340. The first-order valence-corrected chi connectivity index (χ1v) is 2.82. The van der Waals surface area contributed by atoms with Crippen LogP contribution in [0.25, 0.3) is 0 Å². The van der Waals surface area contributed by atoms with Gasteiger partial charge in [-0.2, -0.15) is 8.78 Å². The molecule has 0 aromatic rings. The van der Waals surface area contributed by atoms with Gasteiger partial charge in [0, 0.05) is 6.04 Å². The van der Waals surface area contributed by atoms with Crippen molar-refractivity contribution in [2.75, 3.05) is 6.54 Å². The number of hydrogen-bond donors (Lipinski definition) is 2. The van der Waals surface area contributed by atoms with Gasteiger partial charge in [-0.05, 0) is 0 Å². The smallest absolute Gasteiger partial charge is 0.308 e. The standard InChI is InChI=1S/C5H12F2N2/c1-4(2)9-3-5(6,7)8/h4,9H,3,8H2,1-2H3. The van der Waals surface area contributed by atoms with Crippen LogP contribution in [-0.4, -0.2) is 18.6 Å². The summed E-state index contributed by atoms with van der Waals surface area (Å²) in [5.74, 6) is 0. The molecule has 0 atom stereocenters. The van der Waals surface area contributed by atoms with Crippen LogP contribution in [0, 0.1) is 0 Å². The molecule has 9 heavy (non-hydrogen) atoms. The predicted octanol–water partition coefficient (Wildman–Crippen LogP) is 0.536. The molecule has 0 spiro atoms. The minimum atomic E-state index is -3.08. The Hall–Kier alpha value is -0.220. The third-order valence-corrected chi connectivity index (χ3v) is 0.746. The summed E-state index contributed by atoms with van der Waals surface area (Å²) in [6, 6.07) is -3.02.